The van der Waals surface area contributed by atoms with Gasteiger partial charge in [0.25, 0.3) is 0 Å². The maximum absolute atomic E-state index is 11.8. The van der Waals surface area contributed by atoms with Crippen molar-refractivity contribution < 1.29 is 14.3 Å². The summed E-state index contributed by atoms with van der Waals surface area (Å²) in [5, 5.41) is 9.64. The fourth-order valence-corrected chi connectivity index (χ4v) is 0.937. The number of allylic oxidation sites excluding steroid dienone is 1. The molecule has 2 nitrogen and oxygen atoms in total. The van der Waals surface area contributed by atoms with Gasteiger partial charge in [0.1, 0.15) is 5.76 Å². The van der Waals surface area contributed by atoms with E-state index in [9.17, 15) is 9.18 Å². The van der Waals surface area contributed by atoms with Crippen LogP contribution >= 0.6 is 11.6 Å². The number of benzene rings is 1. The Balaban J connectivity index is 2.96. The molecule has 0 saturated carbocycles. The van der Waals surface area contributed by atoms with E-state index in [1.807, 2.05) is 0 Å². The number of hydrogen-bond donors (Lipinski definition) is 1. The molecule has 1 aromatic rings. The SMILES string of the molecule is O=C(F)/C=C(\O)c1ccc(Cl)cc1. The summed E-state index contributed by atoms with van der Waals surface area (Å²) in [6, 6.07) is 4.34. The largest absolute Gasteiger partial charge is 0.507 e. The van der Waals surface area contributed by atoms with Crippen LogP contribution in [0.25, 0.3) is 5.76 Å². The fraction of sp³-hybridized carbons (Fsp3) is 0. The molecule has 0 spiro atoms. The van der Waals surface area contributed by atoms with Crippen LogP contribution in [0.3, 0.4) is 0 Å². The zero-order valence-electron chi connectivity index (χ0n) is 6.50. The van der Waals surface area contributed by atoms with Crippen molar-refractivity contribution in [1.29, 1.82) is 0 Å². The van der Waals surface area contributed by atoms with Crippen molar-refractivity contribution in [1.82, 2.24) is 0 Å². The van der Waals surface area contributed by atoms with E-state index in [0.29, 0.717) is 16.7 Å². The highest BCUT2D eigenvalue weighted by molar-refractivity contribution is 6.30. The summed E-state index contributed by atoms with van der Waals surface area (Å²) >= 11 is 5.58. The summed E-state index contributed by atoms with van der Waals surface area (Å²) in [4.78, 5) is 9.97. The van der Waals surface area contributed by atoms with Crippen LogP contribution in [-0.2, 0) is 4.79 Å². The quantitative estimate of drug-likeness (QED) is 0.453. The Labute approximate surface area is 79.3 Å². The molecule has 0 fully saturated rings. The highest BCUT2D eigenvalue weighted by atomic mass is 35.5. The third kappa shape index (κ3) is 2.87. The number of aliphatic hydroxyl groups is 1. The molecule has 0 aliphatic rings. The first-order valence-corrected chi connectivity index (χ1v) is 3.83. The van der Waals surface area contributed by atoms with Gasteiger partial charge in [0.05, 0.1) is 6.08 Å². The van der Waals surface area contributed by atoms with Crippen LogP contribution in [0.5, 0.6) is 0 Å². The minimum Gasteiger partial charge on any atom is -0.507 e. The highest BCUT2D eigenvalue weighted by Crippen LogP contribution is 2.15. The number of carbonyl (C=O) groups is 1. The predicted octanol–water partition coefficient (Wildman–Crippen LogP) is 2.74. The minimum absolute atomic E-state index is 0.343. The molecule has 0 unspecified atom stereocenters. The lowest BCUT2D eigenvalue weighted by molar-refractivity contribution is -0.124. The van der Waals surface area contributed by atoms with E-state index in [-0.39, 0.29) is 0 Å². The van der Waals surface area contributed by atoms with Gasteiger partial charge in [-0.05, 0) is 24.3 Å². The average Bonchev–Trinajstić information content (AvgIpc) is 2.04. The number of hydrogen-bond acceptors (Lipinski definition) is 2. The molecule has 0 atom stereocenters. The molecule has 68 valence electrons. The van der Waals surface area contributed by atoms with Crippen molar-refractivity contribution in [3.63, 3.8) is 0 Å². The predicted molar refractivity (Wildman–Crippen MR) is 48.2 cm³/mol. The van der Waals surface area contributed by atoms with E-state index in [2.05, 4.69) is 0 Å². The van der Waals surface area contributed by atoms with E-state index in [0.717, 1.165) is 0 Å². The van der Waals surface area contributed by atoms with Gasteiger partial charge in [-0.2, -0.15) is 4.39 Å². The third-order valence-electron chi connectivity index (χ3n) is 1.39. The molecule has 0 aliphatic heterocycles. The molecule has 4 heteroatoms. The summed E-state index contributed by atoms with van der Waals surface area (Å²) in [6.07, 6.45) is 0.503. The van der Waals surface area contributed by atoms with Crippen LogP contribution in [0.2, 0.25) is 5.02 Å². The summed E-state index contributed by atoms with van der Waals surface area (Å²) in [5.74, 6) is -0.413. The second-order valence-corrected chi connectivity index (χ2v) is 2.78. The van der Waals surface area contributed by atoms with Crippen molar-refractivity contribution in [2.24, 2.45) is 0 Å². The summed E-state index contributed by atoms with van der Waals surface area (Å²) < 4.78 is 11.8. The van der Waals surface area contributed by atoms with Crippen LogP contribution in [0.1, 0.15) is 5.56 Å². The third-order valence-corrected chi connectivity index (χ3v) is 1.64. The summed E-state index contributed by atoms with van der Waals surface area (Å²) in [7, 11) is 0. The topological polar surface area (TPSA) is 37.3 Å². The van der Waals surface area contributed by atoms with Crippen LogP contribution in [0.15, 0.2) is 30.3 Å². The molecule has 0 amide bonds. The Morgan fingerprint density at radius 2 is 1.92 bits per heavy atom. The Bertz CT molecular complexity index is 343. The van der Waals surface area contributed by atoms with E-state index < -0.39 is 11.8 Å². The van der Waals surface area contributed by atoms with Crippen LogP contribution in [-0.4, -0.2) is 11.1 Å². The van der Waals surface area contributed by atoms with Gasteiger partial charge in [0, 0.05) is 10.6 Å². The Hall–Kier alpha value is -1.35. The maximum Gasteiger partial charge on any atom is 0.328 e. The van der Waals surface area contributed by atoms with Crippen molar-refractivity contribution in [3.8, 4) is 0 Å². The van der Waals surface area contributed by atoms with Crippen LogP contribution < -0.4 is 0 Å². The molecule has 0 aliphatic carbocycles. The monoisotopic (exact) mass is 200 g/mol. The first kappa shape index (κ1) is 9.74. The molecular weight excluding hydrogens is 195 g/mol. The Morgan fingerprint density at radius 3 is 2.38 bits per heavy atom. The molecule has 0 saturated heterocycles. The maximum atomic E-state index is 11.8. The van der Waals surface area contributed by atoms with Gasteiger partial charge in [-0.15, -0.1) is 0 Å². The lowest BCUT2D eigenvalue weighted by Gasteiger charge is -1.97. The smallest absolute Gasteiger partial charge is 0.328 e. The van der Waals surface area contributed by atoms with E-state index in [4.69, 9.17) is 16.7 Å². The van der Waals surface area contributed by atoms with Gasteiger partial charge >= 0.3 is 6.04 Å². The molecule has 13 heavy (non-hydrogen) atoms. The molecule has 0 bridgehead atoms. The molecular formula is C9H6ClFO2. The first-order chi connectivity index (χ1) is 6.09. The van der Waals surface area contributed by atoms with Crippen molar-refractivity contribution in [2.45, 2.75) is 0 Å². The van der Waals surface area contributed by atoms with Crippen molar-refractivity contribution >= 4 is 23.4 Å². The van der Waals surface area contributed by atoms with Gasteiger partial charge in [0.2, 0.25) is 0 Å². The Morgan fingerprint density at radius 1 is 1.38 bits per heavy atom. The van der Waals surface area contributed by atoms with Gasteiger partial charge in [0.15, 0.2) is 0 Å². The number of carbonyl (C=O) groups excluding carboxylic acids is 1. The van der Waals surface area contributed by atoms with E-state index in [1.165, 1.54) is 24.3 Å². The molecule has 0 aromatic heterocycles. The van der Waals surface area contributed by atoms with Crippen LogP contribution in [0.4, 0.5) is 4.39 Å². The lowest BCUT2D eigenvalue weighted by atomic mass is 10.2. The van der Waals surface area contributed by atoms with Crippen LogP contribution in [0, 0.1) is 0 Å². The normalized spacial score (nSPS) is 11.4. The van der Waals surface area contributed by atoms with E-state index in [1.54, 1.807) is 0 Å². The standard InChI is InChI=1S/C9H6ClFO2/c10-7-3-1-6(2-4-7)8(12)5-9(11)13/h1-5,12H/b8-5-. The summed E-state index contributed by atoms with van der Waals surface area (Å²) in [6.45, 7) is 0. The molecule has 1 rings (SSSR count). The van der Waals surface area contributed by atoms with Gasteiger partial charge < -0.3 is 5.11 Å². The second-order valence-electron chi connectivity index (χ2n) is 2.34. The van der Waals surface area contributed by atoms with Crippen molar-refractivity contribution in [3.05, 3.63) is 40.9 Å². The van der Waals surface area contributed by atoms with Gasteiger partial charge in [-0.1, -0.05) is 11.6 Å². The lowest BCUT2D eigenvalue weighted by Crippen LogP contribution is -1.86. The first-order valence-electron chi connectivity index (χ1n) is 3.45. The number of halogens is 2. The second kappa shape index (κ2) is 4.05. The number of rotatable bonds is 2. The zero-order chi connectivity index (χ0) is 9.84. The van der Waals surface area contributed by atoms with E-state index >= 15 is 0 Å². The minimum atomic E-state index is -1.69. The summed E-state index contributed by atoms with van der Waals surface area (Å²) in [5.41, 5.74) is 0.343. The molecule has 0 radical (unpaired) electrons. The van der Waals surface area contributed by atoms with Crippen molar-refractivity contribution in [2.75, 3.05) is 0 Å². The average molecular weight is 201 g/mol. The molecule has 1 N–H and O–H groups in total. The molecule has 0 heterocycles. The van der Waals surface area contributed by atoms with Gasteiger partial charge in [-0.25, -0.2) is 0 Å². The fourth-order valence-electron chi connectivity index (χ4n) is 0.811. The van der Waals surface area contributed by atoms with Gasteiger partial charge in [-0.3, -0.25) is 4.79 Å². The number of aliphatic hydroxyl groups excluding tert-OH is 1. The Kier molecular flexibility index (Phi) is 3.03. The molecule has 1 aromatic carbocycles. The zero-order valence-corrected chi connectivity index (χ0v) is 7.25. The highest BCUT2D eigenvalue weighted by Gasteiger charge is 2.01.